The van der Waals surface area contributed by atoms with Crippen LogP contribution in [-0.4, -0.2) is 30.3 Å². The molecule has 0 unspecified atom stereocenters. The van der Waals surface area contributed by atoms with E-state index in [0.29, 0.717) is 11.6 Å². The summed E-state index contributed by atoms with van der Waals surface area (Å²) in [7, 11) is 1.70. The van der Waals surface area contributed by atoms with Crippen molar-refractivity contribution in [1.82, 2.24) is 10.2 Å². The van der Waals surface area contributed by atoms with Crippen LogP contribution in [0.5, 0.6) is 0 Å². The lowest BCUT2D eigenvalue weighted by atomic mass is 10.1. The van der Waals surface area contributed by atoms with Crippen molar-refractivity contribution < 1.29 is 9.59 Å². The summed E-state index contributed by atoms with van der Waals surface area (Å²) in [6.07, 6.45) is 0. The van der Waals surface area contributed by atoms with Crippen LogP contribution >= 0.6 is 23.2 Å². The first-order valence-corrected chi connectivity index (χ1v) is 8.16. The molecule has 4 nitrogen and oxygen atoms in total. The molecule has 126 valence electrons. The van der Waals surface area contributed by atoms with Crippen LogP contribution in [0.1, 0.15) is 21.5 Å². The van der Waals surface area contributed by atoms with Crippen molar-refractivity contribution >= 4 is 35.0 Å². The fourth-order valence-corrected chi connectivity index (χ4v) is 2.69. The second kappa shape index (κ2) is 8.18. The Morgan fingerprint density at radius 3 is 2.50 bits per heavy atom. The molecule has 0 atom stereocenters. The Morgan fingerprint density at radius 1 is 1.12 bits per heavy atom. The van der Waals surface area contributed by atoms with Gasteiger partial charge < -0.3 is 10.2 Å². The molecular weight excluding hydrogens is 347 g/mol. The number of hydrogen-bond donors (Lipinski definition) is 1. The molecule has 0 aliphatic carbocycles. The maximum absolute atomic E-state index is 12.2. The largest absolute Gasteiger partial charge is 0.343 e. The van der Waals surface area contributed by atoms with Crippen LogP contribution in [0.15, 0.2) is 42.5 Å². The van der Waals surface area contributed by atoms with E-state index in [4.69, 9.17) is 23.2 Å². The smallest absolute Gasteiger partial charge is 0.253 e. The Hall–Kier alpha value is -2.04. The summed E-state index contributed by atoms with van der Waals surface area (Å²) in [6.45, 7) is 2.39. The van der Waals surface area contributed by atoms with Crippen molar-refractivity contribution in [1.29, 1.82) is 0 Å². The van der Waals surface area contributed by atoms with E-state index in [-0.39, 0.29) is 23.0 Å². The zero-order valence-corrected chi connectivity index (χ0v) is 15.0. The predicted molar refractivity (Wildman–Crippen MR) is 96.4 cm³/mol. The number of hydrogen-bond acceptors (Lipinski definition) is 2. The minimum absolute atomic E-state index is 0.0971. The lowest BCUT2D eigenvalue weighted by Crippen LogP contribution is -2.38. The van der Waals surface area contributed by atoms with E-state index < -0.39 is 5.91 Å². The van der Waals surface area contributed by atoms with Crippen molar-refractivity contribution in [2.75, 3.05) is 13.6 Å². The highest BCUT2D eigenvalue weighted by molar-refractivity contribution is 6.36. The molecule has 2 amide bonds. The second-order valence-electron chi connectivity index (χ2n) is 5.48. The quantitative estimate of drug-likeness (QED) is 0.879. The number of nitrogens with one attached hydrogen (secondary N) is 1. The molecule has 0 bridgehead atoms. The fourth-order valence-electron chi connectivity index (χ4n) is 2.19. The standard InChI is InChI=1S/C18H18Cl2N2O2/c1-12-5-3-4-6-13(12)11-22(2)17(23)10-21-18(24)15-8-7-14(19)9-16(15)20/h3-9H,10-11H2,1-2H3,(H,21,24). The molecular formula is C18H18Cl2N2O2. The molecule has 24 heavy (non-hydrogen) atoms. The molecule has 0 heterocycles. The van der Waals surface area contributed by atoms with E-state index >= 15 is 0 Å². The molecule has 2 rings (SSSR count). The molecule has 0 aliphatic heterocycles. The summed E-state index contributed by atoms with van der Waals surface area (Å²) in [5.74, 6) is -0.592. The highest BCUT2D eigenvalue weighted by Crippen LogP contribution is 2.20. The monoisotopic (exact) mass is 364 g/mol. The van der Waals surface area contributed by atoms with Gasteiger partial charge in [0.25, 0.3) is 5.91 Å². The molecule has 0 saturated heterocycles. The number of likely N-dealkylation sites (N-methyl/N-ethyl adjacent to an activating group) is 1. The topological polar surface area (TPSA) is 49.4 Å². The number of rotatable bonds is 5. The van der Waals surface area contributed by atoms with Gasteiger partial charge >= 0.3 is 0 Å². The molecule has 0 saturated carbocycles. The summed E-state index contributed by atoms with van der Waals surface area (Å²) in [4.78, 5) is 25.9. The summed E-state index contributed by atoms with van der Waals surface area (Å²) in [5.41, 5.74) is 2.48. The summed E-state index contributed by atoms with van der Waals surface area (Å²) >= 11 is 11.8. The van der Waals surface area contributed by atoms with Gasteiger partial charge in [0.05, 0.1) is 17.1 Å². The molecule has 1 N–H and O–H groups in total. The predicted octanol–water partition coefficient (Wildman–Crippen LogP) is 3.69. The van der Waals surface area contributed by atoms with Crippen LogP contribution in [0.4, 0.5) is 0 Å². The van der Waals surface area contributed by atoms with Gasteiger partial charge in [-0.3, -0.25) is 9.59 Å². The highest BCUT2D eigenvalue weighted by atomic mass is 35.5. The highest BCUT2D eigenvalue weighted by Gasteiger charge is 2.14. The fraction of sp³-hybridized carbons (Fsp3) is 0.222. The third kappa shape index (κ3) is 4.73. The molecule has 2 aromatic rings. The van der Waals surface area contributed by atoms with E-state index in [9.17, 15) is 9.59 Å². The van der Waals surface area contributed by atoms with Gasteiger partial charge in [0.1, 0.15) is 0 Å². The van der Waals surface area contributed by atoms with E-state index in [1.165, 1.54) is 12.1 Å². The Morgan fingerprint density at radius 2 is 1.83 bits per heavy atom. The first kappa shape index (κ1) is 18.3. The Balaban J connectivity index is 1.92. The molecule has 0 aliphatic rings. The first-order valence-electron chi connectivity index (χ1n) is 7.40. The Kier molecular flexibility index (Phi) is 6.23. The lowest BCUT2D eigenvalue weighted by molar-refractivity contribution is -0.129. The lowest BCUT2D eigenvalue weighted by Gasteiger charge is -2.19. The number of amides is 2. The summed E-state index contributed by atoms with van der Waals surface area (Å²) in [6, 6.07) is 12.5. The maximum atomic E-state index is 12.2. The van der Waals surface area contributed by atoms with Crippen LogP contribution in [0.3, 0.4) is 0 Å². The molecule has 2 aromatic carbocycles. The van der Waals surface area contributed by atoms with E-state index in [0.717, 1.165) is 11.1 Å². The van der Waals surface area contributed by atoms with Crippen molar-refractivity contribution in [3.8, 4) is 0 Å². The zero-order chi connectivity index (χ0) is 17.7. The molecule has 0 fully saturated rings. The Labute approximate surface area is 151 Å². The van der Waals surface area contributed by atoms with Crippen LogP contribution in [0.2, 0.25) is 10.0 Å². The normalized spacial score (nSPS) is 10.3. The van der Waals surface area contributed by atoms with E-state index in [2.05, 4.69) is 5.32 Å². The number of nitrogens with zero attached hydrogens (tertiary/aromatic N) is 1. The van der Waals surface area contributed by atoms with Crippen molar-refractivity contribution in [2.45, 2.75) is 13.5 Å². The van der Waals surface area contributed by atoms with Gasteiger partial charge in [-0.2, -0.15) is 0 Å². The van der Waals surface area contributed by atoms with E-state index in [1.54, 1.807) is 18.0 Å². The third-order valence-electron chi connectivity index (χ3n) is 3.67. The molecule has 0 aromatic heterocycles. The third-order valence-corrected chi connectivity index (χ3v) is 4.22. The number of carbonyl (C=O) groups is 2. The molecule has 0 radical (unpaired) electrons. The van der Waals surface area contributed by atoms with E-state index in [1.807, 2.05) is 31.2 Å². The van der Waals surface area contributed by atoms with Crippen LogP contribution in [-0.2, 0) is 11.3 Å². The zero-order valence-electron chi connectivity index (χ0n) is 13.5. The SMILES string of the molecule is Cc1ccccc1CN(C)C(=O)CNC(=O)c1ccc(Cl)cc1Cl. The minimum Gasteiger partial charge on any atom is -0.343 e. The Bertz CT molecular complexity index is 762. The van der Waals surface area contributed by atoms with Crippen LogP contribution < -0.4 is 5.32 Å². The van der Waals surface area contributed by atoms with Gasteiger partial charge in [0, 0.05) is 18.6 Å². The number of benzene rings is 2. The second-order valence-corrected chi connectivity index (χ2v) is 6.33. The average Bonchev–Trinajstić information content (AvgIpc) is 2.54. The van der Waals surface area contributed by atoms with Crippen LogP contribution in [0.25, 0.3) is 0 Å². The van der Waals surface area contributed by atoms with Gasteiger partial charge in [0.2, 0.25) is 5.91 Å². The van der Waals surface area contributed by atoms with Crippen molar-refractivity contribution in [2.24, 2.45) is 0 Å². The summed E-state index contributed by atoms with van der Waals surface area (Å²) < 4.78 is 0. The van der Waals surface area contributed by atoms with Gasteiger partial charge in [-0.25, -0.2) is 0 Å². The molecule has 6 heteroatoms. The van der Waals surface area contributed by atoms with Gasteiger partial charge in [-0.15, -0.1) is 0 Å². The number of aryl methyl sites for hydroxylation is 1. The maximum Gasteiger partial charge on any atom is 0.253 e. The molecule has 0 spiro atoms. The number of halogens is 2. The van der Waals surface area contributed by atoms with Gasteiger partial charge in [0.15, 0.2) is 0 Å². The van der Waals surface area contributed by atoms with Crippen LogP contribution in [0, 0.1) is 6.92 Å². The van der Waals surface area contributed by atoms with Gasteiger partial charge in [-0.1, -0.05) is 47.5 Å². The first-order chi connectivity index (χ1) is 11.4. The van der Waals surface area contributed by atoms with Crippen molar-refractivity contribution in [3.05, 3.63) is 69.2 Å². The van der Waals surface area contributed by atoms with Gasteiger partial charge in [-0.05, 0) is 36.2 Å². The minimum atomic E-state index is -0.408. The summed E-state index contributed by atoms with van der Waals surface area (Å²) in [5, 5.41) is 3.28. The number of carbonyl (C=O) groups excluding carboxylic acids is 2. The van der Waals surface area contributed by atoms with Crippen molar-refractivity contribution in [3.63, 3.8) is 0 Å². The average molecular weight is 365 g/mol.